The minimum Gasteiger partial charge on any atom is -0.344 e. The van der Waals surface area contributed by atoms with Crippen LogP contribution >= 0.6 is 13.5 Å². The molecule has 0 rings (SSSR count). The number of hydrogen-bond donors (Lipinski definition) is 1. The molecule has 1 nitrogen and oxygen atoms in total. The molecule has 0 heterocycles. The Morgan fingerprint density at radius 2 is 0.889 bits per heavy atom. The molecule has 0 aliphatic heterocycles. The lowest BCUT2D eigenvalue weighted by molar-refractivity contribution is 0.886. The van der Waals surface area contributed by atoms with Crippen molar-refractivity contribution in [1.29, 1.82) is 0 Å². The topological polar surface area (TPSA) is 35.0 Å². The molecule has 0 spiro atoms. The van der Waals surface area contributed by atoms with Crippen LogP contribution < -0.4 is 6.15 Å². The highest BCUT2D eigenvalue weighted by atomic mass is 32.1. The van der Waals surface area contributed by atoms with Crippen LogP contribution in [0.4, 0.5) is 14.1 Å². The van der Waals surface area contributed by atoms with Gasteiger partial charge in [-0.25, -0.2) is 0 Å². The van der Waals surface area contributed by atoms with Gasteiger partial charge in [0.25, 0.3) is 0 Å². The predicted molar refractivity (Wildman–Crippen MR) is 43.5 cm³/mol. The summed E-state index contributed by atoms with van der Waals surface area (Å²) in [4.78, 5) is 0. The second kappa shape index (κ2) is 92.6. The van der Waals surface area contributed by atoms with E-state index in [2.05, 4.69) is 13.8 Å². The van der Waals surface area contributed by atoms with Crippen LogP contribution in [0.15, 0.2) is 0 Å². The number of rotatable bonds is 1. The fourth-order valence-corrected chi connectivity index (χ4v) is 0. The summed E-state index contributed by atoms with van der Waals surface area (Å²) in [5.74, 6) is 0. The van der Waals surface area contributed by atoms with Gasteiger partial charge in [0.05, 0.1) is 0 Å². The minimum atomic E-state index is 0. The molecule has 5 heteroatoms. The van der Waals surface area contributed by atoms with Crippen LogP contribution in [0.2, 0.25) is 0 Å². The van der Waals surface area contributed by atoms with Crippen molar-refractivity contribution in [1.82, 2.24) is 6.15 Å². The Kier molecular flexibility index (Phi) is 639. The minimum absolute atomic E-state index is 0. The Morgan fingerprint density at radius 1 is 0.778 bits per heavy atom. The van der Waals surface area contributed by atoms with Gasteiger partial charge in [0.1, 0.15) is 0 Å². The lowest BCUT2D eigenvalue weighted by atomic mass is 10.4. The highest BCUT2D eigenvalue weighted by molar-refractivity contribution is 7.59. The first-order chi connectivity index (χ1) is 1.91. The molecular weight excluding hydrogens is 151 g/mol. The lowest BCUT2D eigenvalue weighted by Gasteiger charge is -1.68. The van der Waals surface area contributed by atoms with E-state index in [1.807, 2.05) is 0 Å². The maximum atomic E-state index is 2.18. The zero-order valence-electron chi connectivity index (χ0n) is 5.85. The van der Waals surface area contributed by atoms with Crippen LogP contribution in [0.5, 0.6) is 0 Å². The molecule has 0 aliphatic rings. The van der Waals surface area contributed by atoms with E-state index in [4.69, 9.17) is 0 Å². The summed E-state index contributed by atoms with van der Waals surface area (Å²) in [7, 11) is 0. The second-order valence-electron chi connectivity index (χ2n) is 1.000. The van der Waals surface area contributed by atoms with Crippen LogP contribution in [0.25, 0.3) is 0 Å². The molecule has 0 aromatic carbocycles. The SMILES string of the molecule is CCCC.F.F.F.N.S. The average molecular weight is 169 g/mol. The predicted octanol–water partition coefficient (Wildman–Crippen LogP) is 2.54. The normalized spacial score (nSPS) is 3.33. The van der Waals surface area contributed by atoms with Crippen molar-refractivity contribution in [2.75, 3.05) is 0 Å². The molecule has 0 fully saturated rings. The number of unbranched alkanes of at least 4 members (excludes halogenated alkanes) is 1. The average Bonchev–Trinajstić information content (AvgIpc) is 1.37. The zero-order valence-corrected chi connectivity index (χ0v) is 6.85. The third-order valence-corrected chi connectivity index (χ3v) is 0.500. The van der Waals surface area contributed by atoms with Crippen molar-refractivity contribution in [3.8, 4) is 0 Å². The largest absolute Gasteiger partial charge is 0.344 e. The molecule has 0 amide bonds. The zero-order chi connectivity index (χ0) is 3.41. The smallest absolute Gasteiger partial charge is 0.0564 e. The molecule has 0 aliphatic carbocycles. The molecule has 0 atom stereocenters. The van der Waals surface area contributed by atoms with Crippen LogP contribution in [-0.4, -0.2) is 0 Å². The standard InChI is InChI=1S/C4H10.3FH.H3N.H2S/c1-3-4-2;;;;;/h3-4H2,1-2H3;3*1H;1H3;1H2. The summed E-state index contributed by atoms with van der Waals surface area (Å²) in [5.41, 5.74) is 0. The van der Waals surface area contributed by atoms with E-state index in [9.17, 15) is 0 Å². The molecule has 0 aromatic heterocycles. The van der Waals surface area contributed by atoms with E-state index in [1.165, 1.54) is 12.8 Å². The third-order valence-electron chi connectivity index (χ3n) is 0.500. The van der Waals surface area contributed by atoms with Gasteiger partial charge in [-0.1, -0.05) is 26.7 Å². The monoisotopic (exact) mass is 169 g/mol. The van der Waals surface area contributed by atoms with Crippen molar-refractivity contribution in [3.63, 3.8) is 0 Å². The van der Waals surface area contributed by atoms with Crippen LogP contribution in [0.3, 0.4) is 0 Å². The molecule has 0 saturated carbocycles. The number of halogens is 3. The van der Waals surface area contributed by atoms with E-state index in [1.54, 1.807) is 0 Å². The maximum absolute atomic E-state index is 2.18. The fraction of sp³-hybridized carbons (Fsp3) is 1.00. The Balaban J connectivity index is -0.00000000450. The van der Waals surface area contributed by atoms with Crippen molar-refractivity contribution < 1.29 is 14.1 Å². The van der Waals surface area contributed by atoms with Gasteiger partial charge in [0.15, 0.2) is 0 Å². The molecule has 0 radical (unpaired) electrons. The first-order valence-electron chi connectivity index (χ1n) is 1.91. The molecule has 9 heavy (non-hydrogen) atoms. The van der Waals surface area contributed by atoms with Gasteiger partial charge < -0.3 is 6.15 Å². The summed E-state index contributed by atoms with van der Waals surface area (Å²) >= 11 is 0. The van der Waals surface area contributed by atoms with Crippen molar-refractivity contribution >= 4 is 13.5 Å². The molecule has 66 valence electrons. The Hall–Kier alpha value is 0.100. The Labute approximate surface area is 61.3 Å². The summed E-state index contributed by atoms with van der Waals surface area (Å²) < 4.78 is 0. The summed E-state index contributed by atoms with van der Waals surface area (Å²) in [5, 5.41) is 0. The highest BCUT2D eigenvalue weighted by Crippen LogP contribution is 1.76. The van der Waals surface area contributed by atoms with E-state index >= 15 is 0 Å². The maximum Gasteiger partial charge on any atom is -0.0564 e. The Bertz CT molecular complexity index is 17.8. The van der Waals surface area contributed by atoms with Crippen LogP contribution in [0.1, 0.15) is 26.7 Å². The molecule has 0 aromatic rings. The van der Waals surface area contributed by atoms with Gasteiger partial charge in [-0.15, -0.1) is 0 Å². The van der Waals surface area contributed by atoms with Gasteiger partial charge in [-0.05, 0) is 0 Å². The third kappa shape index (κ3) is 249. The van der Waals surface area contributed by atoms with Crippen LogP contribution in [0, 0.1) is 0 Å². The van der Waals surface area contributed by atoms with Crippen molar-refractivity contribution in [2.45, 2.75) is 26.7 Å². The summed E-state index contributed by atoms with van der Waals surface area (Å²) in [6, 6.07) is 0. The second-order valence-corrected chi connectivity index (χ2v) is 1.000. The molecule has 3 N–H and O–H groups in total. The summed E-state index contributed by atoms with van der Waals surface area (Å²) in [6.07, 6.45) is 2.64. The van der Waals surface area contributed by atoms with Gasteiger partial charge in [-0.2, -0.15) is 13.5 Å². The van der Waals surface area contributed by atoms with Gasteiger partial charge in [0.2, 0.25) is 0 Å². The van der Waals surface area contributed by atoms with E-state index in [0.717, 1.165) is 0 Å². The Morgan fingerprint density at radius 3 is 0.889 bits per heavy atom. The quantitative estimate of drug-likeness (QED) is 0.643. The lowest BCUT2D eigenvalue weighted by Crippen LogP contribution is -1.47. The summed E-state index contributed by atoms with van der Waals surface area (Å²) in [6.45, 7) is 4.36. The van der Waals surface area contributed by atoms with Crippen molar-refractivity contribution in [2.24, 2.45) is 0 Å². The van der Waals surface area contributed by atoms with E-state index in [-0.39, 0.29) is 33.8 Å². The van der Waals surface area contributed by atoms with Gasteiger partial charge in [0, 0.05) is 0 Å². The fourth-order valence-electron chi connectivity index (χ4n) is 0. The van der Waals surface area contributed by atoms with Gasteiger partial charge >= 0.3 is 0 Å². The molecule has 0 saturated heterocycles. The van der Waals surface area contributed by atoms with Gasteiger partial charge in [-0.3, -0.25) is 14.1 Å². The first kappa shape index (κ1) is 62.1. The molecule has 0 unspecified atom stereocenters. The van der Waals surface area contributed by atoms with E-state index < -0.39 is 0 Å². The first-order valence-corrected chi connectivity index (χ1v) is 1.91. The molecular formula is C4H18F3NS. The van der Waals surface area contributed by atoms with Crippen LogP contribution in [-0.2, 0) is 0 Å². The van der Waals surface area contributed by atoms with E-state index in [0.29, 0.717) is 0 Å². The highest BCUT2D eigenvalue weighted by Gasteiger charge is 1.56. The van der Waals surface area contributed by atoms with Crippen molar-refractivity contribution in [3.05, 3.63) is 0 Å². The number of hydrogen-bond acceptors (Lipinski definition) is 1. The molecule has 0 bridgehead atoms.